The van der Waals surface area contributed by atoms with E-state index in [0.29, 0.717) is 5.13 Å². The Labute approximate surface area is 115 Å². The average molecular weight is 295 g/mol. The highest BCUT2D eigenvalue weighted by molar-refractivity contribution is 7.15. The summed E-state index contributed by atoms with van der Waals surface area (Å²) in [6.07, 6.45) is 1.70. The van der Waals surface area contributed by atoms with Gasteiger partial charge in [-0.25, -0.2) is 18.7 Å². The third kappa shape index (κ3) is 2.61. The maximum atomic E-state index is 13.5. The van der Waals surface area contributed by atoms with Gasteiger partial charge in [0.25, 0.3) is 0 Å². The summed E-state index contributed by atoms with van der Waals surface area (Å²) in [4.78, 5) is 8.45. The first kappa shape index (κ1) is 12.2. The van der Waals surface area contributed by atoms with Gasteiger partial charge >= 0.3 is 0 Å². The summed E-state index contributed by atoms with van der Waals surface area (Å²) in [6.45, 7) is 0. The van der Waals surface area contributed by atoms with E-state index in [2.05, 4.69) is 15.3 Å². The maximum absolute atomic E-state index is 13.5. The second kappa shape index (κ2) is 5.02. The molecule has 3 rings (SSSR count). The van der Waals surface area contributed by atoms with Gasteiger partial charge < -0.3 is 5.32 Å². The highest BCUT2D eigenvalue weighted by atomic mass is 32.1. The van der Waals surface area contributed by atoms with Crippen LogP contribution < -0.4 is 5.32 Å². The lowest BCUT2D eigenvalue weighted by atomic mass is 10.3. The molecule has 0 bridgehead atoms. The van der Waals surface area contributed by atoms with E-state index >= 15 is 0 Å². The number of rotatable bonds is 3. The lowest BCUT2D eigenvalue weighted by molar-refractivity contribution is 0.586. The van der Waals surface area contributed by atoms with E-state index < -0.39 is 11.6 Å². The second-order valence-electron chi connectivity index (χ2n) is 3.62. The Kier molecular flexibility index (Phi) is 3.22. The number of anilines is 2. The van der Waals surface area contributed by atoms with Gasteiger partial charge in [0.1, 0.15) is 22.3 Å². The summed E-state index contributed by atoms with van der Waals surface area (Å²) < 4.78 is 26.3. The SMILES string of the molecule is Fc1ccc(Nc2nc(-c3nccs3)cs2)c(F)c1. The zero-order valence-electron chi connectivity index (χ0n) is 9.43. The second-order valence-corrected chi connectivity index (χ2v) is 5.38. The van der Waals surface area contributed by atoms with Crippen LogP contribution in [0.4, 0.5) is 19.6 Å². The number of benzene rings is 1. The van der Waals surface area contributed by atoms with Crippen LogP contribution in [-0.2, 0) is 0 Å². The molecule has 2 heterocycles. The van der Waals surface area contributed by atoms with Crippen LogP contribution in [0.2, 0.25) is 0 Å². The Hall–Kier alpha value is -1.86. The van der Waals surface area contributed by atoms with Crippen LogP contribution in [0.15, 0.2) is 35.2 Å². The monoisotopic (exact) mass is 295 g/mol. The van der Waals surface area contributed by atoms with Crippen molar-refractivity contribution >= 4 is 33.5 Å². The van der Waals surface area contributed by atoms with E-state index in [-0.39, 0.29) is 5.69 Å². The Morgan fingerprint density at radius 3 is 2.79 bits per heavy atom. The summed E-state index contributed by atoms with van der Waals surface area (Å²) in [7, 11) is 0. The van der Waals surface area contributed by atoms with E-state index in [1.54, 1.807) is 6.20 Å². The minimum atomic E-state index is -0.647. The molecule has 96 valence electrons. The molecule has 0 saturated heterocycles. The average Bonchev–Trinajstić information content (AvgIpc) is 3.03. The van der Waals surface area contributed by atoms with Gasteiger partial charge in [-0.3, -0.25) is 0 Å². The van der Waals surface area contributed by atoms with Crippen molar-refractivity contribution in [1.29, 1.82) is 0 Å². The molecule has 0 saturated carbocycles. The van der Waals surface area contributed by atoms with Gasteiger partial charge in [-0.2, -0.15) is 0 Å². The highest BCUT2D eigenvalue weighted by Crippen LogP contribution is 2.29. The number of halogens is 2. The Morgan fingerprint density at radius 2 is 2.05 bits per heavy atom. The molecule has 0 atom stereocenters. The van der Waals surface area contributed by atoms with Crippen molar-refractivity contribution in [3.05, 3.63) is 46.8 Å². The van der Waals surface area contributed by atoms with Crippen molar-refractivity contribution in [3.8, 4) is 10.7 Å². The summed E-state index contributed by atoms with van der Waals surface area (Å²) in [5, 5.41) is 7.87. The molecule has 3 aromatic rings. The number of hydrogen-bond donors (Lipinski definition) is 1. The van der Waals surface area contributed by atoms with Crippen LogP contribution in [0.5, 0.6) is 0 Å². The summed E-state index contributed by atoms with van der Waals surface area (Å²) in [5.41, 5.74) is 0.937. The highest BCUT2D eigenvalue weighted by Gasteiger charge is 2.09. The molecule has 0 aliphatic rings. The summed E-state index contributed by atoms with van der Waals surface area (Å²) in [5.74, 6) is -1.25. The Morgan fingerprint density at radius 1 is 1.16 bits per heavy atom. The quantitative estimate of drug-likeness (QED) is 0.783. The topological polar surface area (TPSA) is 37.8 Å². The normalized spacial score (nSPS) is 10.6. The summed E-state index contributed by atoms with van der Waals surface area (Å²) >= 11 is 2.82. The van der Waals surface area contributed by atoms with Crippen LogP contribution in [0.1, 0.15) is 0 Å². The minimum absolute atomic E-state index is 0.196. The number of aromatic nitrogens is 2. The molecule has 0 spiro atoms. The molecule has 0 aliphatic heterocycles. The van der Waals surface area contributed by atoms with Crippen LogP contribution in [0, 0.1) is 11.6 Å². The molecule has 0 fully saturated rings. The predicted octanol–water partition coefficient (Wildman–Crippen LogP) is 4.29. The van der Waals surface area contributed by atoms with E-state index in [4.69, 9.17) is 0 Å². The third-order valence-corrected chi connectivity index (χ3v) is 3.88. The van der Waals surface area contributed by atoms with Gasteiger partial charge in [0.05, 0.1) is 5.69 Å². The largest absolute Gasteiger partial charge is 0.329 e. The van der Waals surface area contributed by atoms with Crippen molar-refractivity contribution in [2.24, 2.45) is 0 Å². The molecule has 3 nitrogen and oxygen atoms in total. The van der Waals surface area contributed by atoms with Crippen LogP contribution in [0.3, 0.4) is 0 Å². The summed E-state index contributed by atoms with van der Waals surface area (Å²) in [6, 6.07) is 3.37. The Bertz CT molecular complexity index is 695. The first-order chi connectivity index (χ1) is 9.22. The fourth-order valence-corrected chi connectivity index (χ4v) is 2.87. The standard InChI is InChI=1S/C12H7F2N3S2/c13-7-1-2-9(8(14)5-7)16-12-17-10(6-19-12)11-15-3-4-18-11/h1-6H,(H,16,17). The van der Waals surface area contributed by atoms with Crippen molar-refractivity contribution in [3.63, 3.8) is 0 Å². The molecule has 2 aromatic heterocycles. The number of nitrogens with zero attached hydrogens (tertiary/aromatic N) is 2. The van der Waals surface area contributed by atoms with E-state index in [1.807, 2.05) is 10.8 Å². The first-order valence-electron chi connectivity index (χ1n) is 5.30. The van der Waals surface area contributed by atoms with Gasteiger partial charge in [0.15, 0.2) is 5.13 Å². The lowest BCUT2D eigenvalue weighted by Crippen LogP contribution is -1.94. The van der Waals surface area contributed by atoms with Crippen molar-refractivity contribution in [1.82, 2.24) is 9.97 Å². The van der Waals surface area contributed by atoms with Gasteiger partial charge in [-0.15, -0.1) is 22.7 Å². The minimum Gasteiger partial charge on any atom is -0.329 e. The fraction of sp³-hybridized carbons (Fsp3) is 0. The number of nitrogens with one attached hydrogen (secondary N) is 1. The smallest absolute Gasteiger partial charge is 0.187 e. The van der Waals surface area contributed by atoms with Gasteiger partial charge in [-0.05, 0) is 12.1 Å². The van der Waals surface area contributed by atoms with Crippen molar-refractivity contribution in [2.45, 2.75) is 0 Å². The van der Waals surface area contributed by atoms with Gasteiger partial charge in [0, 0.05) is 23.0 Å². The van der Waals surface area contributed by atoms with Crippen LogP contribution >= 0.6 is 22.7 Å². The first-order valence-corrected chi connectivity index (χ1v) is 7.06. The van der Waals surface area contributed by atoms with E-state index in [1.165, 1.54) is 34.8 Å². The van der Waals surface area contributed by atoms with Crippen LogP contribution in [-0.4, -0.2) is 9.97 Å². The maximum Gasteiger partial charge on any atom is 0.187 e. The van der Waals surface area contributed by atoms with E-state index in [9.17, 15) is 8.78 Å². The van der Waals surface area contributed by atoms with Gasteiger partial charge in [0.2, 0.25) is 0 Å². The van der Waals surface area contributed by atoms with Crippen LogP contribution in [0.25, 0.3) is 10.7 Å². The van der Waals surface area contributed by atoms with Gasteiger partial charge in [-0.1, -0.05) is 0 Å². The third-order valence-electron chi connectivity index (χ3n) is 2.33. The van der Waals surface area contributed by atoms with Crippen molar-refractivity contribution < 1.29 is 8.78 Å². The number of thiazole rings is 2. The molecule has 19 heavy (non-hydrogen) atoms. The number of hydrogen-bond acceptors (Lipinski definition) is 5. The molecule has 1 aromatic carbocycles. The molecule has 1 N–H and O–H groups in total. The molecular formula is C12H7F2N3S2. The van der Waals surface area contributed by atoms with Crippen molar-refractivity contribution in [2.75, 3.05) is 5.32 Å². The zero-order valence-corrected chi connectivity index (χ0v) is 11.1. The van der Waals surface area contributed by atoms with E-state index in [0.717, 1.165) is 16.8 Å². The zero-order chi connectivity index (χ0) is 13.2. The Balaban J connectivity index is 1.84. The molecule has 7 heteroatoms. The predicted molar refractivity (Wildman–Crippen MR) is 72.9 cm³/mol. The molecule has 0 aliphatic carbocycles. The lowest BCUT2D eigenvalue weighted by Gasteiger charge is -2.03. The molecule has 0 amide bonds. The fourth-order valence-electron chi connectivity index (χ4n) is 1.49. The molecular weight excluding hydrogens is 288 g/mol. The molecule has 0 unspecified atom stereocenters. The molecule has 0 radical (unpaired) electrons.